The predicted octanol–water partition coefficient (Wildman–Crippen LogP) is 2.36. The van der Waals surface area contributed by atoms with E-state index in [0.717, 1.165) is 18.2 Å². The number of halogens is 4. The van der Waals surface area contributed by atoms with Crippen molar-refractivity contribution >= 4 is 0 Å². The maximum absolute atomic E-state index is 14.1. The summed E-state index contributed by atoms with van der Waals surface area (Å²) in [6.45, 7) is 3.28. The van der Waals surface area contributed by atoms with Crippen molar-refractivity contribution in [1.29, 1.82) is 0 Å². The molecule has 4 heterocycles. The molecule has 0 radical (unpaired) electrons. The Labute approximate surface area is 152 Å². The third-order valence-electron chi connectivity index (χ3n) is 5.13. The second kappa shape index (κ2) is 5.98. The van der Waals surface area contributed by atoms with Crippen molar-refractivity contribution in [1.82, 2.24) is 19.7 Å². The number of pyridine rings is 1. The number of nitrogens with zero attached hydrogens (tertiary/aromatic N) is 4. The first-order valence-corrected chi connectivity index (χ1v) is 8.47. The highest BCUT2D eigenvalue weighted by Gasteiger charge is 2.66. The fourth-order valence-electron chi connectivity index (χ4n) is 3.61. The number of hydrogen-bond acceptors (Lipinski definition) is 5. The Morgan fingerprint density at radius 3 is 2.74 bits per heavy atom. The molecule has 10 heteroatoms. The molecule has 2 unspecified atom stereocenters. The highest BCUT2D eigenvalue weighted by Crippen LogP contribution is 2.45. The van der Waals surface area contributed by atoms with Gasteiger partial charge < -0.3 is 9.84 Å². The van der Waals surface area contributed by atoms with Crippen molar-refractivity contribution in [2.24, 2.45) is 0 Å². The van der Waals surface area contributed by atoms with Crippen LogP contribution in [0.15, 0.2) is 24.5 Å². The maximum atomic E-state index is 14.1. The summed E-state index contributed by atoms with van der Waals surface area (Å²) in [6, 6.07) is 2.77. The van der Waals surface area contributed by atoms with Crippen LogP contribution in [0.3, 0.4) is 0 Å². The number of ether oxygens (including phenoxy) is 1. The van der Waals surface area contributed by atoms with Gasteiger partial charge in [-0.25, -0.2) is 14.1 Å². The smallest absolute Gasteiger partial charge is 0.378 e. The van der Waals surface area contributed by atoms with Crippen LogP contribution in [0.4, 0.5) is 17.6 Å². The van der Waals surface area contributed by atoms with Crippen molar-refractivity contribution < 1.29 is 27.4 Å². The van der Waals surface area contributed by atoms with Gasteiger partial charge in [-0.2, -0.15) is 18.3 Å². The lowest BCUT2D eigenvalue weighted by atomic mass is 9.96. The van der Waals surface area contributed by atoms with Crippen LogP contribution in [0, 0.1) is 5.82 Å². The third kappa shape index (κ3) is 2.91. The molecule has 4 atom stereocenters. The number of hydrogen-bond donors (Lipinski definition) is 1. The number of aliphatic hydroxyl groups is 1. The quantitative estimate of drug-likeness (QED) is 0.648. The summed E-state index contributed by atoms with van der Waals surface area (Å²) in [5.74, 6) is -0.567. The van der Waals surface area contributed by atoms with E-state index in [0.29, 0.717) is 13.1 Å². The first-order valence-electron chi connectivity index (χ1n) is 8.47. The van der Waals surface area contributed by atoms with Crippen LogP contribution in [-0.2, 0) is 11.3 Å². The molecule has 0 amide bonds. The molecule has 0 bridgehead atoms. The molecule has 1 fully saturated rings. The molecule has 27 heavy (non-hydrogen) atoms. The molecule has 2 aromatic heterocycles. The van der Waals surface area contributed by atoms with Gasteiger partial charge in [-0.1, -0.05) is 6.92 Å². The average Bonchev–Trinajstić information content (AvgIpc) is 3.28. The summed E-state index contributed by atoms with van der Waals surface area (Å²) in [6.07, 6.45) is -3.92. The third-order valence-corrected chi connectivity index (χ3v) is 5.13. The second-order valence-corrected chi connectivity index (χ2v) is 7.20. The minimum absolute atomic E-state index is 0.0830. The molecular weight excluding hydrogens is 368 g/mol. The van der Waals surface area contributed by atoms with E-state index in [2.05, 4.69) is 10.1 Å². The largest absolute Gasteiger partial charge is 0.419 e. The Hall–Kier alpha value is -2.04. The summed E-state index contributed by atoms with van der Waals surface area (Å²) in [5, 5.41) is 14.0. The highest BCUT2D eigenvalue weighted by atomic mass is 19.4. The van der Waals surface area contributed by atoms with E-state index in [-0.39, 0.29) is 11.7 Å². The lowest BCUT2D eigenvalue weighted by Crippen LogP contribution is -2.50. The Kier molecular flexibility index (Phi) is 4.06. The van der Waals surface area contributed by atoms with Crippen molar-refractivity contribution in [2.75, 3.05) is 6.54 Å². The van der Waals surface area contributed by atoms with Crippen LogP contribution in [0.2, 0.25) is 0 Å². The second-order valence-electron chi connectivity index (χ2n) is 7.20. The normalized spacial score (nSPS) is 27.9. The van der Waals surface area contributed by atoms with Gasteiger partial charge in [-0.15, -0.1) is 0 Å². The molecular formula is C17H18F4N4O2. The number of aromatic nitrogens is 3. The van der Waals surface area contributed by atoms with E-state index < -0.39 is 29.9 Å². The minimum atomic E-state index is -4.78. The van der Waals surface area contributed by atoms with Gasteiger partial charge in [-0.3, -0.25) is 4.90 Å². The van der Waals surface area contributed by atoms with Gasteiger partial charge in [0.15, 0.2) is 17.2 Å². The van der Waals surface area contributed by atoms with Crippen LogP contribution in [0.25, 0.3) is 5.82 Å². The van der Waals surface area contributed by atoms with Gasteiger partial charge in [0.05, 0.1) is 11.9 Å². The van der Waals surface area contributed by atoms with E-state index in [1.54, 1.807) is 11.1 Å². The number of rotatable bonds is 3. The van der Waals surface area contributed by atoms with Crippen LogP contribution < -0.4 is 0 Å². The molecule has 2 aromatic rings. The van der Waals surface area contributed by atoms with E-state index in [4.69, 9.17) is 4.74 Å². The maximum Gasteiger partial charge on any atom is 0.419 e. The van der Waals surface area contributed by atoms with E-state index in [1.165, 1.54) is 23.0 Å². The lowest BCUT2D eigenvalue weighted by Gasteiger charge is -2.31. The molecule has 0 aromatic carbocycles. The number of epoxide rings is 1. The molecule has 0 aliphatic carbocycles. The Morgan fingerprint density at radius 2 is 2.07 bits per heavy atom. The van der Waals surface area contributed by atoms with Crippen molar-refractivity contribution in [2.45, 2.75) is 50.4 Å². The van der Waals surface area contributed by atoms with E-state index >= 15 is 0 Å². The lowest BCUT2D eigenvalue weighted by molar-refractivity contribution is -0.259. The van der Waals surface area contributed by atoms with Crippen LogP contribution >= 0.6 is 0 Å². The van der Waals surface area contributed by atoms with Crippen molar-refractivity contribution in [3.8, 4) is 5.82 Å². The summed E-state index contributed by atoms with van der Waals surface area (Å²) < 4.78 is 59.7. The van der Waals surface area contributed by atoms with Crippen LogP contribution in [0.5, 0.6) is 0 Å². The predicted molar refractivity (Wildman–Crippen MR) is 85.5 cm³/mol. The molecule has 4 rings (SSSR count). The average molecular weight is 386 g/mol. The van der Waals surface area contributed by atoms with Crippen LogP contribution in [0.1, 0.15) is 31.0 Å². The topological polar surface area (TPSA) is 66.7 Å². The summed E-state index contributed by atoms with van der Waals surface area (Å²) in [7, 11) is 0. The molecule has 0 spiro atoms. The molecule has 2 aliphatic rings. The Balaban J connectivity index is 1.57. The van der Waals surface area contributed by atoms with Gasteiger partial charge in [0.2, 0.25) is 0 Å². The van der Waals surface area contributed by atoms with E-state index in [9.17, 15) is 22.7 Å². The fourth-order valence-corrected chi connectivity index (χ4v) is 3.61. The molecule has 1 N–H and O–H groups in total. The molecule has 6 nitrogen and oxygen atoms in total. The molecule has 1 saturated heterocycles. The fraction of sp³-hybridized carbons (Fsp3) is 0.529. The Morgan fingerprint density at radius 1 is 1.33 bits per heavy atom. The monoisotopic (exact) mass is 386 g/mol. The van der Waals surface area contributed by atoms with Gasteiger partial charge in [-0.05, 0) is 19.1 Å². The van der Waals surface area contributed by atoms with Gasteiger partial charge in [0.1, 0.15) is 12.3 Å². The van der Waals surface area contributed by atoms with Crippen molar-refractivity contribution in [3.05, 3.63) is 41.6 Å². The number of alkyl halides is 3. The van der Waals surface area contributed by atoms with Gasteiger partial charge >= 0.3 is 6.18 Å². The first kappa shape index (κ1) is 18.3. The zero-order chi connectivity index (χ0) is 19.6. The standard InChI is InChI=1S/C17H18F4N4O2/c1-9-7-24(15-13(27-15)16(2,26)17(19,20)21)8-10-6-23-25(12(9)10)14-11(18)4-3-5-22-14/h3-6,9,13,15,26H,7-8H2,1-2H3/t9-,13?,15?,16-/m1/s1. The molecule has 146 valence electrons. The Bertz CT molecular complexity index is 867. The zero-order valence-electron chi connectivity index (χ0n) is 14.6. The SMILES string of the molecule is C[C@@H]1CN(C2OC2[C@@](C)(O)C(F)(F)F)Cc2cnn(-c3ncccc3F)c21. The van der Waals surface area contributed by atoms with Gasteiger partial charge in [0.25, 0.3) is 0 Å². The minimum Gasteiger partial charge on any atom is -0.378 e. The summed E-state index contributed by atoms with van der Waals surface area (Å²) in [4.78, 5) is 5.77. The van der Waals surface area contributed by atoms with Crippen LogP contribution in [-0.4, -0.2) is 55.4 Å². The van der Waals surface area contributed by atoms with E-state index in [1.807, 2.05) is 6.92 Å². The van der Waals surface area contributed by atoms with Crippen molar-refractivity contribution in [3.63, 3.8) is 0 Å². The highest BCUT2D eigenvalue weighted by molar-refractivity contribution is 5.34. The molecule has 0 saturated carbocycles. The van der Waals surface area contributed by atoms with Gasteiger partial charge in [0, 0.05) is 30.8 Å². The first-order chi connectivity index (χ1) is 12.6. The summed E-state index contributed by atoms with van der Waals surface area (Å²) in [5.41, 5.74) is -1.38. The summed E-state index contributed by atoms with van der Waals surface area (Å²) >= 11 is 0. The zero-order valence-corrected chi connectivity index (χ0v) is 14.6. The molecule has 2 aliphatic heterocycles. The number of fused-ring (bicyclic) bond motifs is 1.